The normalized spacial score (nSPS) is 14.8. The van der Waals surface area contributed by atoms with Gasteiger partial charge in [0.25, 0.3) is 0 Å². The van der Waals surface area contributed by atoms with Crippen molar-refractivity contribution in [3.8, 4) is 11.5 Å². The van der Waals surface area contributed by atoms with E-state index in [1.165, 1.54) is 81.8 Å². The van der Waals surface area contributed by atoms with E-state index in [0.29, 0.717) is 16.8 Å². The molecule has 0 bridgehead atoms. The van der Waals surface area contributed by atoms with Crippen molar-refractivity contribution in [1.29, 1.82) is 0 Å². The number of aromatic nitrogens is 2. The van der Waals surface area contributed by atoms with Gasteiger partial charge in [0.1, 0.15) is 53.8 Å². The molecule has 0 aliphatic heterocycles. The second kappa shape index (κ2) is 28.0. The maximum atomic E-state index is 13.8. The van der Waals surface area contributed by atoms with Crippen molar-refractivity contribution in [2.45, 2.75) is 122 Å². The molecular formula is C47H65N11O15. The molecule has 3 aromatic rings. The number of rotatable bonds is 28. The number of carbonyl (C=O) groups is 10. The highest BCUT2D eigenvalue weighted by Crippen LogP contribution is 2.14. The van der Waals surface area contributed by atoms with Crippen LogP contribution in [0.5, 0.6) is 11.5 Å². The van der Waals surface area contributed by atoms with Crippen LogP contribution in [0.25, 0.3) is 0 Å². The number of carboxylic acids is 2. The minimum Gasteiger partial charge on any atom is -0.508 e. The number of phenols is 2. The Bertz CT molecular complexity index is 2400. The maximum Gasteiger partial charge on any atom is 0.326 e. The third-order valence-electron chi connectivity index (χ3n) is 11.1. The number of phenolic OH excluding ortho intramolecular Hbond substituents is 2. The number of aliphatic carboxylic acids is 2. The lowest BCUT2D eigenvalue weighted by molar-refractivity contribution is -0.144. The molecule has 16 N–H and O–H groups in total. The van der Waals surface area contributed by atoms with Crippen molar-refractivity contribution in [2.24, 2.45) is 17.6 Å². The minimum atomic E-state index is -1.84. The highest BCUT2D eigenvalue weighted by molar-refractivity contribution is 5.98. The van der Waals surface area contributed by atoms with Crippen molar-refractivity contribution in [3.05, 3.63) is 77.9 Å². The van der Waals surface area contributed by atoms with Gasteiger partial charge in [-0.2, -0.15) is 0 Å². The van der Waals surface area contributed by atoms with Gasteiger partial charge in [-0.05, 0) is 61.1 Å². The summed E-state index contributed by atoms with van der Waals surface area (Å²) in [6.45, 7) is 8.00. The molecule has 0 radical (unpaired) electrons. The molecule has 26 heteroatoms. The number of nitrogens with two attached hydrogens (primary N) is 1. The third-order valence-corrected chi connectivity index (χ3v) is 11.1. The summed E-state index contributed by atoms with van der Waals surface area (Å²) in [6, 6.07) is -0.507. The fourth-order valence-corrected chi connectivity index (χ4v) is 6.83. The number of aliphatic hydroxyl groups is 1. The Morgan fingerprint density at radius 1 is 0.562 bits per heavy atom. The van der Waals surface area contributed by atoms with Gasteiger partial charge >= 0.3 is 11.9 Å². The first kappa shape index (κ1) is 59.2. The molecule has 0 unspecified atom stereocenters. The fraction of sp³-hybridized carbons (Fsp3) is 0.468. The van der Waals surface area contributed by atoms with Crippen molar-refractivity contribution in [3.63, 3.8) is 0 Å². The Kier molecular flexibility index (Phi) is 22.7. The molecular weight excluding hydrogens is 959 g/mol. The first-order valence-electron chi connectivity index (χ1n) is 23.1. The molecule has 1 aromatic heterocycles. The molecule has 2 aromatic carbocycles. The molecule has 0 fully saturated rings. The van der Waals surface area contributed by atoms with Crippen LogP contribution in [0.3, 0.4) is 0 Å². The van der Waals surface area contributed by atoms with E-state index >= 15 is 0 Å². The van der Waals surface area contributed by atoms with Crippen LogP contribution in [-0.4, -0.2) is 156 Å². The molecule has 0 aliphatic carbocycles. The van der Waals surface area contributed by atoms with E-state index < -0.39 is 133 Å². The Morgan fingerprint density at radius 2 is 1.04 bits per heavy atom. The van der Waals surface area contributed by atoms with E-state index in [-0.39, 0.29) is 36.7 Å². The number of hydrogen-bond donors (Lipinski definition) is 15. The molecule has 0 aliphatic rings. The summed E-state index contributed by atoms with van der Waals surface area (Å²) in [4.78, 5) is 138. The maximum absolute atomic E-state index is 13.8. The number of imidazole rings is 1. The first-order valence-corrected chi connectivity index (χ1v) is 23.1. The monoisotopic (exact) mass is 1020 g/mol. The minimum absolute atomic E-state index is 0.0694. The molecule has 9 atom stereocenters. The van der Waals surface area contributed by atoms with Gasteiger partial charge in [0.2, 0.25) is 47.3 Å². The average molecular weight is 1020 g/mol. The fourth-order valence-electron chi connectivity index (χ4n) is 6.83. The summed E-state index contributed by atoms with van der Waals surface area (Å²) >= 11 is 0. The molecule has 73 heavy (non-hydrogen) atoms. The highest BCUT2D eigenvalue weighted by Gasteiger charge is 2.36. The number of aromatic hydroxyl groups is 2. The van der Waals surface area contributed by atoms with Gasteiger partial charge < -0.3 is 78.8 Å². The van der Waals surface area contributed by atoms with Gasteiger partial charge in [0.15, 0.2) is 0 Å². The Hall–Kier alpha value is -8.13. The van der Waals surface area contributed by atoms with Gasteiger partial charge in [0.05, 0.1) is 37.1 Å². The predicted molar refractivity (Wildman–Crippen MR) is 257 cm³/mol. The lowest BCUT2D eigenvalue weighted by Gasteiger charge is -2.28. The smallest absolute Gasteiger partial charge is 0.326 e. The van der Waals surface area contributed by atoms with Crippen LogP contribution in [0.15, 0.2) is 61.1 Å². The van der Waals surface area contributed by atoms with Gasteiger partial charge in [-0.25, -0.2) is 9.78 Å². The molecule has 3 rings (SSSR count). The topological polar surface area (TPSA) is 423 Å². The van der Waals surface area contributed by atoms with E-state index in [4.69, 9.17) is 5.73 Å². The average Bonchev–Trinajstić information content (AvgIpc) is 3.84. The molecule has 0 saturated heterocycles. The van der Waals surface area contributed by atoms with Crippen molar-refractivity contribution in [1.82, 2.24) is 52.5 Å². The predicted octanol–water partition coefficient (Wildman–Crippen LogP) is -3.04. The largest absolute Gasteiger partial charge is 0.508 e. The van der Waals surface area contributed by atoms with E-state index in [0.717, 1.165) is 6.92 Å². The van der Waals surface area contributed by atoms with Crippen molar-refractivity contribution < 1.29 is 73.5 Å². The number of H-pyrrole nitrogens is 1. The van der Waals surface area contributed by atoms with Gasteiger partial charge in [-0.3, -0.25) is 43.2 Å². The number of nitrogens with one attached hydrogen (secondary N) is 9. The summed E-state index contributed by atoms with van der Waals surface area (Å²) in [5, 5.41) is 68.1. The van der Waals surface area contributed by atoms with Crippen LogP contribution in [0.2, 0.25) is 0 Å². The Balaban J connectivity index is 1.68. The Labute approximate surface area is 419 Å². The zero-order valence-corrected chi connectivity index (χ0v) is 41.0. The van der Waals surface area contributed by atoms with E-state index in [9.17, 15) is 73.5 Å². The van der Waals surface area contributed by atoms with Crippen LogP contribution >= 0.6 is 0 Å². The van der Waals surface area contributed by atoms with E-state index in [2.05, 4.69) is 52.5 Å². The molecule has 1 heterocycles. The van der Waals surface area contributed by atoms with Crippen LogP contribution in [0.4, 0.5) is 0 Å². The van der Waals surface area contributed by atoms with Gasteiger partial charge in [-0.15, -0.1) is 0 Å². The first-order chi connectivity index (χ1) is 34.2. The second-order valence-corrected chi connectivity index (χ2v) is 17.9. The number of carboxylic acid groups (broad SMARTS) is 2. The number of carbonyl (C=O) groups excluding carboxylic acids is 8. The number of benzene rings is 2. The second-order valence-electron chi connectivity index (χ2n) is 17.9. The highest BCUT2D eigenvalue weighted by atomic mass is 16.4. The lowest BCUT2D eigenvalue weighted by Crippen LogP contribution is -2.61. The standard InChI is InChI=1S/C47H65N11O15/c1-22(2)37(48)44(69)54-32(17-28-19-49-21-51-28)42(67)53-31(15-26-7-11-29(60)12-8-26)41(66)52-24(5)40(65)50-20-35(62)57-39(25(6)59)46(71)58-38(23(3)4)45(70)55-33(18-36(63)64)43(68)56-34(47(72)73)16-27-9-13-30(61)14-10-27/h7-14,19,21-25,31-34,37-39,59-61H,15-18,20,48H2,1-6H3,(H,49,51)(H,50,65)(H,52,66)(H,53,67)(H,54,69)(H,55,70)(H,56,68)(H,57,62)(H,58,71)(H,63,64)(H,72,73)/t24-,25+,31-,32-,33-,34-,37-,38-,39-/m0/s1. The third kappa shape index (κ3) is 19.5. The van der Waals surface area contributed by atoms with Gasteiger partial charge in [-0.1, -0.05) is 52.0 Å². The van der Waals surface area contributed by atoms with Crippen molar-refractivity contribution in [2.75, 3.05) is 6.54 Å². The van der Waals surface area contributed by atoms with E-state index in [1.54, 1.807) is 13.8 Å². The zero-order chi connectivity index (χ0) is 54.7. The Morgan fingerprint density at radius 3 is 1.53 bits per heavy atom. The number of nitrogens with zero attached hydrogens (tertiary/aromatic N) is 1. The summed E-state index contributed by atoms with van der Waals surface area (Å²) in [6.07, 6.45) is -0.241. The summed E-state index contributed by atoms with van der Waals surface area (Å²) in [5.74, 6) is -11.8. The molecule has 26 nitrogen and oxygen atoms in total. The van der Waals surface area contributed by atoms with Crippen LogP contribution in [0.1, 0.15) is 64.8 Å². The number of aliphatic hydroxyl groups excluding tert-OH is 1. The van der Waals surface area contributed by atoms with Crippen molar-refractivity contribution >= 4 is 59.2 Å². The molecule has 0 spiro atoms. The SMILES string of the molecule is CC(C)[C@H](N)C(=O)N[C@@H](Cc1c[nH]cn1)C(=O)N[C@@H](Cc1ccc(O)cc1)C(=O)N[C@@H](C)C(=O)NCC(=O)N[C@H](C(=O)N[C@H](C(=O)N[C@@H](CC(=O)O)C(=O)N[C@@H](Cc1ccc(O)cc1)C(=O)O)C(C)C)[C@@H](C)O. The lowest BCUT2D eigenvalue weighted by atomic mass is 10.0. The molecule has 0 saturated carbocycles. The summed E-state index contributed by atoms with van der Waals surface area (Å²) in [7, 11) is 0. The van der Waals surface area contributed by atoms with Crippen LogP contribution < -0.4 is 48.3 Å². The number of aromatic amines is 1. The van der Waals surface area contributed by atoms with Gasteiger partial charge in [0, 0.05) is 25.5 Å². The number of amides is 8. The molecule has 8 amide bonds. The van der Waals surface area contributed by atoms with Crippen LogP contribution in [-0.2, 0) is 67.2 Å². The summed E-state index contributed by atoms with van der Waals surface area (Å²) < 4.78 is 0. The quantitative estimate of drug-likeness (QED) is 0.0344. The van der Waals surface area contributed by atoms with Crippen LogP contribution in [0, 0.1) is 11.8 Å². The zero-order valence-electron chi connectivity index (χ0n) is 41.0. The summed E-state index contributed by atoms with van der Waals surface area (Å²) in [5.41, 5.74) is 7.32. The number of hydrogen-bond acceptors (Lipinski definition) is 15. The molecule has 398 valence electrons. The van der Waals surface area contributed by atoms with E-state index in [1.807, 2.05) is 0 Å².